The van der Waals surface area contributed by atoms with Crippen molar-refractivity contribution in [2.24, 2.45) is 0 Å². The van der Waals surface area contributed by atoms with Crippen LogP contribution in [0, 0.1) is 0 Å². The van der Waals surface area contributed by atoms with E-state index in [-0.39, 0.29) is 11.9 Å². The van der Waals surface area contributed by atoms with Crippen LogP contribution in [0.2, 0.25) is 0 Å². The molecule has 1 saturated heterocycles. The van der Waals surface area contributed by atoms with Gasteiger partial charge in [-0.2, -0.15) is 0 Å². The highest BCUT2D eigenvalue weighted by Crippen LogP contribution is 2.08. The Bertz CT molecular complexity index is 188. The van der Waals surface area contributed by atoms with Crippen molar-refractivity contribution >= 4 is 5.91 Å². The molecule has 1 amide bonds. The predicted molar refractivity (Wildman–Crippen MR) is 62.8 cm³/mol. The van der Waals surface area contributed by atoms with E-state index >= 15 is 0 Å². The summed E-state index contributed by atoms with van der Waals surface area (Å²) in [6, 6.07) is 0.427. The molecular formula is C12H24N2O. The minimum absolute atomic E-state index is 0.0599. The summed E-state index contributed by atoms with van der Waals surface area (Å²) in [7, 11) is 0. The van der Waals surface area contributed by atoms with Crippen molar-refractivity contribution in [3.8, 4) is 0 Å². The molecule has 0 bridgehead atoms. The first-order valence-electron chi connectivity index (χ1n) is 6.31. The van der Waals surface area contributed by atoms with Crippen LogP contribution in [0.25, 0.3) is 0 Å². The molecule has 0 aliphatic carbocycles. The summed E-state index contributed by atoms with van der Waals surface area (Å²) >= 11 is 0. The number of hydrogen-bond donors (Lipinski definition) is 2. The van der Waals surface area contributed by atoms with Crippen LogP contribution in [0.5, 0.6) is 0 Å². The van der Waals surface area contributed by atoms with Gasteiger partial charge in [0.2, 0.25) is 5.91 Å². The highest BCUT2D eigenvalue weighted by molar-refractivity contribution is 5.82. The fourth-order valence-electron chi connectivity index (χ4n) is 2.10. The SMILES string of the molecule is CCCC(CC)NC(=O)C1CCCCN1. The van der Waals surface area contributed by atoms with E-state index in [0.29, 0.717) is 6.04 Å². The highest BCUT2D eigenvalue weighted by Gasteiger charge is 2.21. The molecule has 1 aliphatic rings. The lowest BCUT2D eigenvalue weighted by Crippen LogP contribution is -2.49. The second-order valence-electron chi connectivity index (χ2n) is 4.40. The molecule has 3 heteroatoms. The summed E-state index contributed by atoms with van der Waals surface area (Å²) in [4.78, 5) is 11.9. The molecule has 15 heavy (non-hydrogen) atoms. The zero-order valence-electron chi connectivity index (χ0n) is 10.0. The topological polar surface area (TPSA) is 41.1 Å². The van der Waals surface area contributed by atoms with E-state index < -0.39 is 0 Å². The Kier molecular flexibility index (Phi) is 5.69. The molecule has 0 radical (unpaired) electrons. The summed E-state index contributed by atoms with van der Waals surface area (Å²) in [5, 5.41) is 6.41. The van der Waals surface area contributed by atoms with E-state index in [1.807, 2.05) is 0 Å². The first-order chi connectivity index (χ1) is 7.27. The van der Waals surface area contributed by atoms with Crippen LogP contribution >= 0.6 is 0 Å². The Morgan fingerprint density at radius 2 is 2.27 bits per heavy atom. The summed E-state index contributed by atoms with van der Waals surface area (Å²) < 4.78 is 0. The molecule has 1 rings (SSSR count). The van der Waals surface area contributed by atoms with E-state index in [9.17, 15) is 4.79 Å². The minimum Gasteiger partial charge on any atom is -0.352 e. The van der Waals surface area contributed by atoms with Crippen LogP contribution in [0.1, 0.15) is 52.4 Å². The lowest BCUT2D eigenvalue weighted by molar-refractivity contribution is -0.124. The molecule has 0 spiro atoms. The number of nitrogens with one attached hydrogen (secondary N) is 2. The molecule has 1 fully saturated rings. The number of piperidine rings is 1. The molecule has 88 valence electrons. The van der Waals surface area contributed by atoms with Gasteiger partial charge in [0.25, 0.3) is 0 Å². The van der Waals surface area contributed by atoms with Crippen LogP contribution < -0.4 is 10.6 Å². The molecule has 1 aliphatic heterocycles. The van der Waals surface area contributed by atoms with Crippen molar-refractivity contribution in [3.05, 3.63) is 0 Å². The predicted octanol–water partition coefficient (Wildman–Crippen LogP) is 1.82. The lowest BCUT2D eigenvalue weighted by Gasteiger charge is -2.25. The Morgan fingerprint density at radius 3 is 2.80 bits per heavy atom. The first-order valence-corrected chi connectivity index (χ1v) is 6.31. The molecule has 1 heterocycles. The summed E-state index contributed by atoms with van der Waals surface area (Å²) in [6.07, 6.45) is 6.64. The van der Waals surface area contributed by atoms with Gasteiger partial charge in [0, 0.05) is 6.04 Å². The molecule has 2 N–H and O–H groups in total. The molecule has 3 nitrogen and oxygen atoms in total. The first kappa shape index (κ1) is 12.5. The van der Waals surface area contributed by atoms with Crippen LogP contribution in [0.15, 0.2) is 0 Å². The maximum absolute atomic E-state index is 11.9. The summed E-state index contributed by atoms with van der Waals surface area (Å²) in [5.41, 5.74) is 0. The average molecular weight is 212 g/mol. The van der Waals surface area contributed by atoms with Crippen molar-refractivity contribution in [1.82, 2.24) is 10.6 Å². The third kappa shape index (κ3) is 4.20. The van der Waals surface area contributed by atoms with Gasteiger partial charge in [-0.3, -0.25) is 4.79 Å². The van der Waals surface area contributed by atoms with Gasteiger partial charge in [0.05, 0.1) is 6.04 Å². The second-order valence-corrected chi connectivity index (χ2v) is 4.40. The monoisotopic (exact) mass is 212 g/mol. The summed E-state index contributed by atoms with van der Waals surface area (Å²) in [5.74, 6) is 0.204. The van der Waals surface area contributed by atoms with Crippen molar-refractivity contribution in [1.29, 1.82) is 0 Å². The second kappa shape index (κ2) is 6.83. The number of carbonyl (C=O) groups is 1. The Balaban J connectivity index is 2.31. The molecule has 0 aromatic carbocycles. The third-order valence-electron chi connectivity index (χ3n) is 3.10. The Labute approximate surface area is 93.0 Å². The lowest BCUT2D eigenvalue weighted by atomic mass is 10.0. The fourth-order valence-corrected chi connectivity index (χ4v) is 2.10. The molecule has 0 aromatic heterocycles. The third-order valence-corrected chi connectivity index (χ3v) is 3.10. The van der Waals surface area contributed by atoms with Gasteiger partial charge in [0.1, 0.15) is 0 Å². The van der Waals surface area contributed by atoms with Crippen molar-refractivity contribution in [2.75, 3.05) is 6.54 Å². The molecule has 2 atom stereocenters. The maximum atomic E-state index is 11.9. The highest BCUT2D eigenvalue weighted by atomic mass is 16.2. The maximum Gasteiger partial charge on any atom is 0.237 e. The largest absolute Gasteiger partial charge is 0.352 e. The number of rotatable bonds is 5. The number of amides is 1. The Morgan fingerprint density at radius 1 is 1.47 bits per heavy atom. The van der Waals surface area contributed by atoms with Crippen molar-refractivity contribution in [2.45, 2.75) is 64.5 Å². The fraction of sp³-hybridized carbons (Fsp3) is 0.917. The van der Waals surface area contributed by atoms with Crippen molar-refractivity contribution in [3.63, 3.8) is 0 Å². The van der Waals surface area contributed by atoms with Crippen molar-refractivity contribution < 1.29 is 4.79 Å². The minimum atomic E-state index is 0.0599. The van der Waals surface area contributed by atoms with E-state index in [1.54, 1.807) is 0 Å². The zero-order valence-corrected chi connectivity index (χ0v) is 10.0. The van der Waals surface area contributed by atoms with Gasteiger partial charge in [-0.05, 0) is 32.2 Å². The summed E-state index contributed by atoms with van der Waals surface area (Å²) in [6.45, 7) is 5.28. The van der Waals surface area contributed by atoms with E-state index in [4.69, 9.17) is 0 Å². The number of hydrogen-bond acceptors (Lipinski definition) is 2. The molecule has 2 unspecified atom stereocenters. The normalized spacial score (nSPS) is 23.5. The smallest absolute Gasteiger partial charge is 0.237 e. The van der Waals surface area contributed by atoms with Gasteiger partial charge in [0.15, 0.2) is 0 Å². The van der Waals surface area contributed by atoms with E-state index in [1.165, 1.54) is 12.8 Å². The quantitative estimate of drug-likeness (QED) is 0.730. The van der Waals surface area contributed by atoms with E-state index in [2.05, 4.69) is 24.5 Å². The van der Waals surface area contributed by atoms with E-state index in [0.717, 1.165) is 32.2 Å². The van der Waals surface area contributed by atoms with Crippen LogP contribution in [-0.4, -0.2) is 24.5 Å². The molecule has 0 saturated carbocycles. The van der Waals surface area contributed by atoms with Crippen LogP contribution in [-0.2, 0) is 4.79 Å². The molecule has 0 aromatic rings. The van der Waals surface area contributed by atoms with Gasteiger partial charge in [-0.1, -0.05) is 26.7 Å². The van der Waals surface area contributed by atoms with Crippen LogP contribution in [0.4, 0.5) is 0 Å². The average Bonchev–Trinajstić information content (AvgIpc) is 2.29. The Hall–Kier alpha value is -0.570. The van der Waals surface area contributed by atoms with Crippen LogP contribution in [0.3, 0.4) is 0 Å². The van der Waals surface area contributed by atoms with Gasteiger partial charge >= 0.3 is 0 Å². The zero-order chi connectivity index (χ0) is 11.1. The van der Waals surface area contributed by atoms with Gasteiger partial charge in [-0.25, -0.2) is 0 Å². The van der Waals surface area contributed by atoms with Gasteiger partial charge < -0.3 is 10.6 Å². The number of carbonyl (C=O) groups excluding carboxylic acids is 1. The molecular weight excluding hydrogens is 188 g/mol. The van der Waals surface area contributed by atoms with Gasteiger partial charge in [-0.15, -0.1) is 0 Å². The standard InChI is InChI=1S/C12H24N2O/c1-3-7-10(4-2)14-12(15)11-8-5-6-9-13-11/h10-11,13H,3-9H2,1-2H3,(H,14,15).